The second kappa shape index (κ2) is 9.89. The first kappa shape index (κ1) is 21.3. The van der Waals surface area contributed by atoms with Gasteiger partial charge in [-0.05, 0) is 42.8 Å². The van der Waals surface area contributed by atoms with Crippen LogP contribution in [0.25, 0.3) is 0 Å². The maximum Gasteiger partial charge on any atom is 0.309 e. The van der Waals surface area contributed by atoms with E-state index in [0.29, 0.717) is 35.8 Å². The first-order valence-corrected chi connectivity index (χ1v) is 10.8. The van der Waals surface area contributed by atoms with Gasteiger partial charge in [0.15, 0.2) is 6.10 Å². The van der Waals surface area contributed by atoms with Gasteiger partial charge in [-0.2, -0.15) is 0 Å². The summed E-state index contributed by atoms with van der Waals surface area (Å²) in [5.74, 6) is -1.07. The Bertz CT molecular complexity index is 863. The molecule has 2 amide bonds. The van der Waals surface area contributed by atoms with Gasteiger partial charge < -0.3 is 15.0 Å². The number of rotatable bonds is 6. The van der Waals surface area contributed by atoms with E-state index in [-0.39, 0.29) is 24.3 Å². The second-order valence-corrected chi connectivity index (χ2v) is 8.29. The lowest BCUT2D eigenvalue weighted by Crippen LogP contribution is -2.42. The summed E-state index contributed by atoms with van der Waals surface area (Å²) < 4.78 is 5.35. The zero-order valence-corrected chi connectivity index (χ0v) is 17.7. The molecule has 1 aliphatic rings. The predicted molar refractivity (Wildman–Crippen MR) is 112 cm³/mol. The van der Waals surface area contributed by atoms with Gasteiger partial charge in [-0.15, -0.1) is 11.3 Å². The van der Waals surface area contributed by atoms with Crippen LogP contribution in [0.3, 0.4) is 0 Å². The number of piperidine rings is 1. The Morgan fingerprint density at radius 2 is 1.93 bits per heavy atom. The van der Waals surface area contributed by atoms with Gasteiger partial charge in [-0.3, -0.25) is 14.4 Å². The SMILES string of the molecule is CC(OC(=O)C1CCN(C(=O)c2cccs2)CC1)C(=O)NCc1ccccc1Cl. The molecule has 0 aliphatic carbocycles. The fourth-order valence-corrected chi connectivity index (χ4v) is 4.06. The van der Waals surface area contributed by atoms with Crippen LogP contribution in [0, 0.1) is 5.92 Å². The van der Waals surface area contributed by atoms with Gasteiger partial charge in [0, 0.05) is 24.7 Å². The van der Waals surface area contributed by atoms with Gasteiger partial charge in [-0.25, -0.2) is 0 Å². The van der Waals surface area contributed by atoms with Crippen molar-refractivity contribution in [3.63, 3.8) is 0 Å². The van der Waals surface area contributed by atoms with Crippen molar-refractivity contribution in [2.75, 3.05) is 13.1 Å². The van der Waals surface area contributed by atoms with Crippen LogP contribution < -0.4 is 5.32 Å². The van der Waals surface area contributed by atoms with Crippen molar-refractivity contribution in [1.82, 2.24) is 10.2 Å². The minimum atomic E-state index is -0.893. The third-order valence-corrected chi connectivity index (χ3v) is 6.15. The number of hydrogen-bond donors (Lipinski definition) is 1. The zero-order chi connectivity index (χ0) is 20.8. The normalized spacial score (nSPS) is 15.6. The molecule has 2 heterocycles. The van der Waals surface area contributed by atoms with Crippen molar-refractivity contribution in [3.05, 3.63) is 57.2 Å². The van der Waals surface area contributed by atoms with Gasteiger partial charge in [-0.1, -0.05) is 35.9 Å². The average molecular weight is 435 g/mol. The number of nitrogens with one attached hydrogen (secondary N) is 1. The highest BCUT2D eigenvalue weighted by Gasteiger charge is 2.31. The molecule has 1 N–H and O–H groups in total. The molecule has 0 bridgehead atoms. The molecule has 0 spiro atoms. The van der Waals surface area contributed by atoms with E-state index in [2.05, 4.69) is 5.32 Å². The molecule has 1 unspecified atom stereocenters. The Morgan fingerprint density at radius 3 is 2.59 bits per heavy atom. The number of carbonyl (C=O) groups is 3. The van der Waals surface area contributed by atoms with E-state index >= 15 is 0 Å². The zero-order valence-electron chi connectivity index (χ0n) is 16.1. The number of carbonyl (C=O) groups excluding carboxylic acids is 3. The lowest BCUT2D eigenvalue weighted by atomic mass is 9.97. The first-order valence-electron chi connectivity index (χ1n) is 9.50. The fraction of sp³-hybridized carbons (Fsp3) is 0.381. The van der Waals surface area contributed by atoms with Crippen LogP contribution in [0.15, 0.2) is 41.8 Å². The molecule has 154 valence electrons. The molecule has 29 heavy (non-hydrogen) atoms. The molecule has 3 rings (SSSR count). The number of benzene rings is 1. The summed E-state index contributed by atoms with van der Waals surface area (Å²) in [6, 6.07) is 10.9. The summed E-state index contributed by atoms with van der Waals surface area (Å²) >= 11 is 7.49. The minimum absolute atomic E-state index is 0.000800. The summed E-state index contributed by atoms with van der Waals surface area (Å²) in [6.07, 6.45) is 0.171. The van der Waals surface area contributed by atoms with Crippen LogP contribution in [-0.4, -0.2) is 41.9 Å². The highest BCUT2D eigenvalue weighted by Crippen LogP contribution is 2.22. The van der Waals surface area contributed by atoms with Crippen molar-refractivity contribution in [3.8, 4) is 0 Å². The second-order valence-electron chi connectivity index (χ2n) is 6.93. The maximum absolute atomic E-state index is 12.4. The number of nitrogens with zero attached hydrogens (tertiary/aromatic N) is 1. The summed E-state index contributed by atoms with van der Waals surface area (Å²) in [7, 11) is 0. The summed E-state index contributed by atoms with van der Waals surface area (Å²) in [5.41, 5.74) is 0.795. The number of thiophene rings is 1. The summed E-state index contributed by atoms with van der Waals surface area (Å²) in [6.45, 7) is 2.83. The van der Waals surface area contributed by atoms with Crippen LogP contribution in [0.4, 0.5) is 0 Å². The minimum Gasteiger partial charge on any atom is -0.452 e. The maximum atomic E-state index is 12.4. The Kier molecular flexibility index (Phi) is 7.28. The third-order valence-electron chi connectivity index (χ3n) is 4.92. The molecule has 1 fully saturated rings. The molecular formula is C21H23ClN2O4S. The average Bonchev–Trinajstić information content (AvgIpc) is 3.27. The molecule has 1 aliphatic heterocycles. The van der Waals surface area contributed by atoms with Crippen LogP contribution in [0.5, 0.6) is 0 Å². The Labute approximate surface area is 178 Å². The number of esters is 1. The topological polar surface area (TPSA) is 75.7 Å². The van der Waals surface area contributed by atoms with E-state index in [0.717, 1.165) is 5.56 Å². The van der Waals surface area contributed by atoms with E-state index < -0.39 is 12.1 Å². The number of hydrogen-bond acceptors (Lipinski definition) is 5. The molecule has 1 saturated heterocycles. The molecule has 1 aromatic carbocycles. The van der Waals surface area contributed by atoms with Gasteiger partial charge in [0.25, 0.3) is 11.8 Å². The van der Waals surface area contributed by atoms with E-state index in [1.807, 2.05) is 29.6 Å². The number of likely N-dealkylation sites (tertiary alicyclic amines) is 1. The number of amides is 2. The van der Waals surface area contributed by atoms with Crippen molar-refractivity contribution in [2.24, 2.45) is 5.92 Å². The summed E-state index contributed by atoms with van der Waals surface area (Å²) in [5, 5.41) is 5.17. The van der Waals surface area contributed by atoms with Gasteiger partial charge in [0.1, 0.15) is 0 Å². The van der Waals surface area contributed by atoms with Crippen molar-refractivity contribution < 1.29 is 19.1 Å². The largest absolute Gasteiger partial charge is 0.452 e. The molecule has 0 radical (unpaired) electrons. The third kappa shape index (κ3) is 5.58. The molecule has 0 saturated carbocycles. The smallest absolute Gasteiger partial charge is 0.309 e. The predicted octanol–water partition coefficient (Wildman–Crippen LogP) is 3.50. The fourth-order valence-electron chi connectivity index (χ4n) is 3.17. The lowest BCUT2D eigenvalue weighted by molar-refractivity contribution is -0.160. The van der Waals surface area contributed by atoms with E-state index in [1.54, 1.807) is 24.0 Å². The monoisotopic (exact) mass is 434 g/mol. The van der Waals surface area contributed by atoms with Crippen LogP contribution >= 0.6 is 22.9 Å². The molecule has 8 heteroatoms. The Hall–Kier alpha value is -2.38. The lowest BCUT2D eigenvalue weighted by Gasteiger charge is -2.31. The first-order chi connectivity index (χ1) is 14.0. The molecule has 1 aromatic heterocycles. The van der Waals surface area contributed by atoms with E-state index in [4.69, 9.17) is 16.3 Å². The molecule has 6 nitrogen and oxygen atoms in total. The van der Waals surface area contributed by atoms with Gasteiger partial charge in [0.05, 0.1) is 10.8 Å². The Balaban J connectivity index is 1.43. The van der Waals surface area contributed by atoms with Gasteiger partial charge in [0.2, 0.25) is 0 Å². The molecular weight excluding hydrogens is 412 g/mol. The van der Waals surface area contributed by atoms with Crippen molar-refractivity contribution in [1.29, 1.82) is 0 Å². The van der Waals surface area contributed by atoms with Crippen LogP contribution in [0.2, 0.25) is 5.02 Å². The highest BCUT2D eigenvalue weighted by molar-refractivity contribution is 7.12. The Morgan fingerprint density at radius 1 is 1.21 bits per heavy atom. The van der Waals surface area contributed by atoms with Gasteiger partial charge >= 0.3 is 5.97 Å². The highest BCUT2D eigenvalue weighted by atomic mass is 35.5. The van der Waals surface area contributed by atoms with E-state index in [1.165, 1.54) is 11.3 Å². The van der Waals surface area contributed by atoms with Crippen LogP contribution in [-0.2, 0) is 20.9 Å². The molecule has 2 aromatic rings. The quantitative estimate of drug-likeness (QED) is 0.706. The number of ether oxygens (including phenoxy) is 1. The summed E-state index contributed by atoms with van der Waals surface area (Å²) in [4.78, 5) is 39.5. The molecule has 1 atom stereocenters. The van der Waals surface area contributed by atoms with Crippen molar-refractivity contribution in [2.45, 2.75) is 32.4 Å². The number of halogens is 1. The van der Waals surface area contributed by atoms with Crippen LogP contribution in [0.1, 0.15) is 35.0 Å². The van der Waals surface area contributed by atoms with E-state index in [9.17, 15) is 14.4 Å². The standard InChI is InChI=1S/C21H23ClN2O4S/c1-14(19(25)23-13-16-5-2-3-6-17(16)22)28-21(27)15-8-10-24(11-9-15)20(26)18-7-4-12-29-18/h2-7,12,14-15H,8-11,13H2,1H3,(H,23,25). The van der Waals surface area contributed by atoms with Crippen molar-refractivity contribution >= 4 is 40.7 Å².